The van der Waals surface area contributed by atoms with Crippen LogP contribution < -0.4 is 14.8 Å². The van der Waals surface area contributed by atoms with Crippen molar-refractivity contribution in [1.82, 2.24) is 0 Å². The number of nitrogens with one attached hydrogen (secondary N) is 1. The van der Waals surface area contributed by atoms with Crippen molar-refractivity contribution in [2.75, 3.05) is 19.0 Å². The fraction of sp³-hybridized carbons (Fsp3) is 0.241. The van der Waals surface area contributed by atoms with Crippen LogP contribution in [0.3, 0.4) is 0 Å². The Morgan fingerprint density at radius 2 is 1.74 bits per heavy atom. The fourth-order valence-corrected chi connectivity index (χ4v) is 3.27. The Morgan fingerprint density at radius 1 is 0.971 bits per heavy atom. The van der Waals surface area contributed by atoms with Gasteiger partial charge >= 0.3 is 5.97 Å². The van der Waals surface area contributed by atoms with Crippen molar-refractivity contribution in [1.29, 1.82) is 0 Å². The highest BCUT2D eigenvalue weighted by Gasteiger charge is 2.08. The maximum absolute atomic E-state index is 12.3. The number of anilines is 1. The third-order valence-electron chi connectivity index (χ3n) is 5.38. The van der Waals surface area contributed by atoms with Gasteiger partial charge in [0.05, 0.1) is 19.3 Å². The molecular formula is C29H31NO5. The van der Waals surface area contributed by atoms with Crippen LogP contribution >= 0.6 is 0 Å². The summed E-state index contributed by atoms with van der Waals surface area (Å²) < 4.78 is 16.6. The molecule has 0 aliphatic rings. The lowest BCUT2D eigenvalue weighted by Gasteiger charge is -2.12. The summed E-state index contributed by atoms with van der Waals surface area (Å²) in [6, 6.07) is 20.2. The second-order valence-corrected chi connectivity index (χ2v) is 8.01. The van der Waals surface area contributed by atoms with E-state index >= 15 is 0 Å². The van der Waals surface area contributed by atoms with Crippen molar-refractivity contribution < 1.29 is 23.8 Å². The van der Waals surface area contributed by atoms with Crippen LogP contribution in [0.15, 0.2) is 72.8 Å². The molecule has 0 unspecified atom stereocenters. The summed E-state index contributed by atoms with van der Waals surface area (Å²) in [7, 11) is 1.58. The van der Waals surface area contributed by atoms with E-state index in [1.165, 1.54) is 11.6 Å². The molecule has 0 atom stereocenters. The highest BCUT2D eigenvalue weighted by atomic mass is 16.5. The number of amides is 1. The van der Waals surface area contributed by atoms with Gasteiger partial charge in [-0.1, -0.05) is 43.7 Å². The van der Waals surface area contributed by atoms with Gasteiger partial charge in [0.1, 0.15) is 6.61 Å². The second kappa shape index (κ2) is 13.0. The first-order chi connectivity index (χ1) is 17.0. The lowest BCUT2D eigenvalue weighted by Crippen LogP contribution is -2.09. The smallest absolute Gasteiger partial charge is 0.338 e. The lowest BCUT2D eigenvalue weighted by atomic mass is 10.1. The normalized spacial score (nSPS) is 10.7. The van der Waals surface area contributed by atoms with E-state index in [2.05, 4.69) is 5.32 Å². The van der Waals surface area contributed by atoms with Gasteiger partial charge in [0.25, 0.3) is 0 Å². The lowest BCUT2D eigenvalue weighted by molar-refractivity contribution is -0.111. The van der Waals surface area contributed by atoms with Crippen molar-refractivity contribution in [2.45, 2.75) is 33.3 Å². The number of benzene rings is 3. The van der Waals surface area contributed by atoms with Crippen LogP contribution in [0.5, 0.6) is 11.5 Å². The number of esters is 1. The Labute approximate surface area is 206 Å². The quantitative estimate of drug-likeness (QED) is 0.204. The van der Waals surface area contributed by atoms with Crippen molar-refractivity contribution in [2.24, 2.45) is 0 Å². The predicted octanol–water partition coefficient (Wildman–Crippen LogP) is 6.19. The van der Waals surface area contributed by atoms with Gasteiger partial charge in [-0.25, -0.2) is 4.79 Å². The van der Waals surface area contributed by atoms with Crippen LogP contribution in [-0.4, -0.2) is 25.6 Å². The summed E-state index contributed by atoms with van der Waals surface area (Å²) in [6.07, 6.45) is 4.93. The standard InChI is InChI=1S/C29H31NO5/c1-4-5-18-34-29(32)23-12-14-25(15-13-23)30-28(31)17-11-22-10-16-26(27(19-22)33-3)35-20-24-9-7-6-8-21(24)2/h6-17,19H,4-5,18,20H2,1-3H3,(H,30,31)/b17-11+. The third kappa shape index (κ3) is 7.74. The number of aryl methyl sites for hydroxylation is 1. The molecule has 35 heavy (non-hydrogen) atoms. The molecule has 0 saturated heterocycles. The van der Waals surface area contributed by atoms with Crippen molar-refractivity contribution in [3.8, 4) is 11.5 Å². The zero-order chi connectivity index (χ0) is 25.0. The van der Waals surface area contributed by atoms with Crippen LogP contribution in [0, 0.1) is 6.92 Å². The number of carbonyl (C=O) groups excluding carboxylic acids is 2. The number of hydrogen-bond acceptors (Lipinski definition) is 5. The molecule has 6 heteroatoms. The summed E-state index contributed by atoms with van der Waals surface area (Å²) in [6.45, 7) is 4.93. The predicted molar refractivity (Wildman–Crippen MR) is 138 cm³/mol. The summed E-state index contributed by atoms with van der Waals surface area (Å²) >= 11 is 0. The molecule has 0 saturated carbocycles. The van der Waals surface area contributed by atoms with Gasteiger partial charge in [0, 0.05) is 11.8 Å². The molecule has 0 radical (unpaired) electrons. The molecular weight excluding hydrogens is 442 g/mol. The molecule has 0 fully saturated rings. The molecule has 1 N–H and O–H groups in total. The van der Waals surface area contributed by atoms with Gasteiger partial charge in [-0.2, -0.15) is 0 Å². The Kier molecular flexibility index (Phi) is 9.49. The molecule has 182 valence electrons. The van der Waals surface area contributed by atoms with E-state index in [9.17, 15) is 9.59 Å². The largest absolute Gasteiger partial charge is 0.493 e. The van der Waals surface area contributed by atoms with Crippen LogP contribution in [0.1, 0.15) is 46.8 Å². The number of carbonyl (C=O) groups is 2. The minimum atomic E-state index is -0.364. The highest BCUT2D eigenvalue weighted by Crippen LogP contribution is 2.29. The highest BCUT2D eigenvalue weighted by molar-refractivity contribution is 6.02. The second-order valence-electron chi connectivity index (χ2n) is 8.01. The maximum Gasteiger partial charge on any atom is 0.338 e. The van der Waals surface area contributed by atoms with Crippen molar-refractivity contribution in [3.63, 3.8) is 0 Å². The average Bonchev–Trinajstić information content (AvgIpc) is 2.87. The van der Waals surface area contributed by atoms with Gasteiger partial charge in [-0.05, 0) is 72.5 Å². The topological polar surface area (TPSA) is 73.9 Å². The molecule has 3 aromatic carbocycles. The van der Waals surface area contributed by atoms with Gasteiger partial charge in [-0.15, -0.1) is 0 Å². The van der Waals surface area contributed by atoms with Gasteiger partial charge in [0.15, 0.2) is 11.5 Å². The number of ether oxygens (including phenoxy) is 3. The number of rotatable bonds is 11. The van der Waals surface area contributed by atoms with E-state index in [4.69, 9.17) is 14.2 Å². The number of unbranched alkanes of at least 4 members (excludes halogenated alkanes) is 1. The Hall–Kier alpha value is -4.06. The molecule has 6 nitrogen and oxygen atoms in total. The SMILES string of the molecule is CCCCOC(=O)c1ccc(NC(=O)/C=C/c2ccc(OCc3ccccc3C)c(OC)c2)cc1. The first-order valence-electron chi connectivity index (χ1n) is 11.6. The third-order valence-corrected chi connectivity index (χ3v) is 5.38. The van der Waals surface area contributed by atoms with E-state index in [1.807, 2.05) is 56.3 Å². The monoisotopic (exact) mass is 473 g/mol. The number of methoxy groups -OCH3 is 1. The van der Waals surface area contributed by atoms with Gasteiger partial charge in [0.2, 0.25) is 5.91 Å². The van der Waals surface area contributed by atoms with Crippen LogP contribution in [0.25, 0.3) is 6.08 Å². The Balaban J connectivity index is 1.56. The van der Waals surface area contributed by atoms with E-state index in [1.54, 1.807) is 37.5 Å². The van der Waals surface area contributed by atoms with Gasteiger partial charge < -0.3 is 19.5 Å². The molecule has 0 spiro atoms. The maximum atomic E-state index is 12.3. The average molecular weight is 474 g/mol. The van der Waals surface area contributed by atoms with Crippen molar-refractivity contribution in [3.05, 3.63) is 95.1 Å². The molecule has 0 aliphatic heterocycles. The van der Waals surface area contributed by atoms with E-state index in [0.29, 0.717) is 36.0 Å². The molecule has 0 aliphatic carbocycles. The van der Waals surface area contributed by atoms with Crippen LogP contribution in [0.2, 0.25) is 0 Å². The first kappa shape index (κ1) is 25.6. The summed E-state index contributed by atoms with van der Waals surface area (Å²) in [4.78, 5) is 24.3. The first-order valence-corrected chi connectivity index (χ1v) is 11.6. The van der Waals surface area contributed by atoms with Gasteiger partial charge in [-0.3, -0.25) is 4.79 Å². The zero-order valence-corrected chi connectivity index (χ0v) is 20.4. The minimum Gasteiger partial charge on any atom is -0.493 e. The minimum absolute atomic E-state index is 0.290. The molecule has 3 aromatic rings. The molecule has 1 amide bonds. The van der Waals surface area contributed by atoms with Crippen molar-refractivity contribution >= 4 is 23.6 Å². The van der Waals surface area contributed by atoms with E-state index < -0.39 is 0 Å². The Bertz CT molecular complexity index is 1170. The molecule has 0 aromatic heterocycles. The van der Waals surface area contributed by atoms with E-state index in [0.717, 1.165) is 24.0 Å². The summed E-state index contributed by atoms with van der Waals surface area (Å²) in [5.74, 6) is 0.562. The zero-order valence-electron chi connectivity index (χ0n) is 20.4. The van der Waals surface area contributed by atoms with Crippen LogP contribution in [0.4, 0.5) is 5.69 Å². The summed E-state index contributed by atoms with van der Waals surface area (Å²) in [5, 5.41) is 2.78. The van der Waals surface area contributed by atoms with Crippen LogP contribution in [-0.2, 0) is 16.1 Å². The Morgan fingerprint density at radius 3 is 2.46 bits per heavy atom. The number of hydrogen-bond donors (Lipinski definition) is 1. The molecule has 0 bridgehead atoms. The molecule has 0 heterocycles. The fourth-order valence-electron chi connectivity index (χ4n) is 3.27. The molecule has 3 rings (SSSR count). The van der Waals surface area contributed by atoms with E-state index in [-0.39, 0.29) is 11.9 Å². The summed E-state index contributed by atoms with van der Waals surface area (Å²) in [5.41, 5.74) is 4.11.